The zero-order chi connectivity index (χ0) is 38.2. The van der Waals surface area contributed by atoms with E-state index in [4.69, 9.17) is 28.1 Å². The van der Waals surface area contributed by atoms with E-state index in [2.05, 4.69) is 111 Å². The van der Waals surface area contributed by atoms with Crippen LogP contribution in [0.15, 0.2) is 42.5 Å². The smallest absolute Gasteiger partial charge is 0.191 e. The summed E-state index contributed by atoms with van der Waals surface area (Å²) in [5, 5.41) is 0.0765. The summed E-state index contributed by atoms with van der Waals surface area (Å²) in [5.74, 6) is 0.732. The fourth-order valence-corrected chi connectivity index (χ4v) is 9.55. The van der Waals surface area contributed by atoms with Crippen molar-refractivity contribution in [3.05, 3.63) is 48.0 Å². The highest BCUT2D eigenvalue weighted by molar-refractivity contribution is 6.76. The van der Waals surface area contributed by atoms with Gasteiger partial charge in [-0.1, -0.05) is 116 Å². The third kappa shape index (κ3) is 12.5. The fraction of sp³-hybridized carbons (Fsp3) is 0.780. The van der Waals surface area contributed by atoms with Gasteiger partial charge in [0.15, 0.2) is 8.32 Å². The Labute approximate surface area is 315 Å². The first-order valence-electron chi connectivity index (χ1n) is 19.4. The Morgan fingerprint density at radius 3 is 2.00 bits per heavy atom. The second kappa shape index (κ2) is 18.1. The first-order chi connectivity index (χ1) is 23.5. The summed E-state index contributed by atoms with van der Waals surface area (Å²) in [6, 6.07) is 12.4. The second-order valence-electron chi connectivity index (χ2n) is 19.7. The Hall–Kier alpha value is -0.959. The van der Waals surface area contributed by atoms with Gasteiger partial charge in [-0.15, -0.1) is 0 Å². The molecule has 0 heterocycles. The van der Waals surface area contributed by atoms with Crippen LogP contribution in [0.4, 0.5) is 0 Å². The van der Waals surface area contributed by atoms with Crippen LogP contribution in [-0.2, 0) is 39.5 Å². The number of rotatable bonds is 23. The van der Waals surface area contributed by atoms with Crippen LogP contribution in [0.3, 0.4) is 0 Å². The SMILES string of the molecule is CC1(C)[C@H]2CC[C@@]1(/C=C/[C@@](COCOCC[Si](C)(C)C)(OCc1ccccc1)[C@@H](CCO[Si](C)(C)C(C)(C)C)OCOCC[Si](C)(C)C)C(=O)C2. The molecule has 1 aromatic carbocycles. The lowest BCUT2D eigenvalue weighted by Gasteiger charge is -2.41. The minimum Gasteiger partial charge on any atom is -0.417 e. The molecule has 51 heavy (non-hydrogen) atoms. The van der Waals surface area contributed by atoms with E-state index in [1.165, 1.54) is 0 Å². The van der Waals surface area contributed by atoms with Gasteiger partial charge in [0.25, 0.3) is 0 Å². The lowest BCUT2D eigenvalue weighted by molar-refractivity contribution is -0.201. The Kier molecular flexibility index (Phi) is 15.8. The van der Waals surface area contributed by atoms with Crippen LogP contribution in [0.2, 0.25) is 69.5 Å². The highest BCUT2D eigenvalue weighted by atomic mass is 28.4. The Bertz CT molecular complexity index is 1250. The zero-order valence-electron chi connectivity index (χ0n) is 34.7. The van der Waals surface area contributed by atoms with E-state index in [1.54, 1.807) is 0 Å². The number of fused-ring (bicyclic) bond motifs is 2. The van der Waals surface area contributed by atoms with E-state index in [1.807, 2.05) is 18.2 Å². The number of carbonyl (C=O) groups is 1. The molecule has 0 aliphatic heterocycles. The Balaban J connectivity index is 2.02. The number of ketones is 1. The fourth-order valence-electron chi connectivity index (χ4n) is 6.98. The molecule has 0 spiro atoms. The summed E-state index contributed by atoms with van der Waals surface area (Å²) in [6.45, 7) is 32.7. The number of carbonyl (C=O) groups excluding carboxylic acids is 1. The van der Waals surface area contributed by atoms with Gasteiger partial charge in [0.2, 0.25) is 0 Å². The maximum Gasteiger partial charge on any atom is 0.191 e. The van der Waals surface area contributed by atoms with Gasteiger partial charge in [-0.05, 0) is 66.4 Å². The molecule has 292 valence electrons. The molecule has 10 heteroatoms. The van der Waals surface area contributed by atoms with Crippen molar-refractivity contribution in [3.8, 4) is 0 Å². The number of allylic oxidation sites excluding steroid dienone is 1. The van der Waals surface area contributed by atoms with Crippen LogP contribution >= 0.6 is 0 Å². The average Bonchev–Trinajstić information content (AvgIpc) is 3.37. The van der Waals surface area contributed by atoms with Gasteiger partial charge in [0, 0.05) is 42.4 Å². The van der Waals surface area contributed by atoms with E-state index >= 15 is 0 Å². The molecular weight excluding hydrogens is 689 g/mol. The van der Waals surface area contributed by atoms with E-state index in [0.29, 0.717) is 51.0 Å². The highest BCUT2D eigenvalue weighted by Crippen LogP contribution is 2.64. The number of ether oxygens (including phenoxy) is 5. The molecule has 2 fully saturated rings. The monoisotopic (exact) mass is 762 g/mol. The van der Waals surface area contributed by atoms with Crippen LogP contribution in [0.25, 0.3) is 0 Å². The van der Waals surface area contributed by atoms with Gasteiger partial charge in [-0.25, -0.2) is 0 Å². The molecule has 2 saturated carbocycles. The Morgan fingerprint density at radius 1 is 0.863 bits per heavy atom. The molecule has 0 N–H and O–H groups in total. The second-order valence-corrected chi connectivity index (χ2v) is 35.7. The van der Waals surface area contributed by atoms with Crippen molar-refractivity contribution in [2.24, 2.45) is 16.7 Å². The van der Waals surface area contributed by atoms with Gasteiger partial charge in [-0.3, -0.25) is 4.79 Å². The molecule has 7 nitrogen and oxygen atoms in total. The molecule has 0 radical (unpaired) electrons. The van der Waals surface area contributed by atoms with Gasteiger partial charge >= 0.3 is 0 Å². The van der Waals surface area contributed by atoms with Crippen molar-refractivity contribution in [2.75, 3.05) is 40.0 Å². The van der Waals surface area contributed by atoms with Crippen molar-refractivity contribution in [2.45, 2.75) is 148 Å². The molecular formula is C41H74O7Si3. The maximum absolute atomic E-state index is 13.8. The molecule has 0 unspecified atom stereocenters. The molecule has 0 amide bonds. The van der Waals surface area contributed by atoms with Crippen LogP contribution in [-0.4, -0.2) is 82.0 Å². The van der Waals surface area contributed by atoms with Crippen LogP contribution < -0.4 is 0 Å². The average molecular weight is 763 g/mol. The summed E-state index contributed by atoms with van der Waals surface area (Å²) in [6.07, 6.45) is 6.98. The molecule has 2 aliphatic rings. The zero-order valence-corrected chi connectivity index (χ0v) is 37.7. The van der Waals surface area contributed by atoms with Gasteiger partial charge < -0.3 is 28.1 Å². The summed E-state index contributed by atoms with van der Waals surface area (Å²) in [7, 11) is -4.56. The van der Waals surface area contributed by atoms with Crippen molar-refractivity contribution < 1.29 is 32.9 Å². The van der Waals surface area contributed by atoms with Crippen molar-refractivity contribution in [1.29, 1.82) is 0 Å². The van der Waals surface area contributed by atoms with Crippen molar-refractivity contribution in [3.63, 3.8) is 0 Å². The Morgan fingerprint density at radius 2 is 1.47 bits per heavy atom. The first kappa shape index (κ1) is 44.4. The largest absolute Gasteiger partial charge is 0.417 e. The van der Waals surface area contributed by atoms with E-state index in [9.17, 15) is 4.79 Å². The minimum absolute atomic E-state index is 0.0765. The third-order valence-corrected chi connectivity index (χ3v) is 20.0. The predicted molar refractivity (Wildman–Crippen MR) is 218 cm³/mol. The number of hydrogen-bond acceptors (Lipinski definition) is 7. The first-order valence-corrected chi connectivity index (χ1v) is 29.8. The van der Waals surface area contributed by atoms with Gasteiger partial charge in [0.1, 0.15) is 25.0 Å². The summed E-state index contributed by atoms with van der Waals surface area (Å²) in [5.41, 5.74) is -0.652. The highest BCUT2D eigenvalue weighted by Gasteiger charge is 2.63. The topological polar surface area (TPSA) is 72.5 Å². The molecule has 0 aromatic heterocycles. The van der Waals surface area contributed by atoms with E-state index in [0.717, 1.165) is 30.5 Å². The van der Waals surface area contributed by atoms with Gasteiger partial charge in [-0.2, -0.15) is 0 Å². The molecule has 2 aliphatic carbocycles. The standard InChI is InChI=1S/C41H74O7Si3/c1-38(2,3)51(12,13)48-24-20-37(46-33-44-26-28-50(9,10)11)41(47-30-34-17-15-14-16-18-34,31-45-32-43-25-27-49(6,7)8)23-22-40-21-19-35(29-36(40)42)39(40,4)5/h14-18,22-23,35,37H,19-21,24-33H2,1-13H3/b23-22+/t35-,37+,40+,41-/m0/s1. The van der Waals surface area contributed by atoms with Gasteiger partial charge in [0.05, 0.1) is 24.7 Å². The van der Waals surface area contributed by atoms with Crippen LogP contribution in [0, 0.1) is 16.7 Å². The third-order valence-electron chi connectivity index (χ3n) is 12.0. The normalized spacial score (nSPS) is 22.9. The summed E-state index contributed by atoms with van der Waals surface area (Å²) >= 11 is 0. The summed E-state index contributed by atoms with van der Waals surface area (Å²) < 4.78 is 39.2. The molecule has 4 atom stereocenters. The van der Waals surface area contributed by atoms with Crippen LogP contribution in [0.1, 0.15) is 65.9 Å². The molecule has 2 bridgehead atoms. The van der Waals surface area contributed by atoms with E-state index < -0.39 is 41.6 Å². The van der Waals surface area contributed by atoms with Crippen molar-refractivity contribution >= 4 is 30.2 Å². The lowest BCUT2D eigenvalue weighted by atomic mass is 9.68. The predicted octanol–water partition coefficient (Wildman–Crippen LogP) is 10.3. The van der Waals surface area contributed by atoms with Crippen LogP contribution in [0.5, 0.6) is 0 Å². The number of hydrogen-bond donors (Lipinski definition) is 0. The lowest BCUT2D eigenvalue weighted by Crippen LogP contribution is -2.51. The quantitative estimate of drug-likeness (QED) is 0.0476. The number of benzene rings is 1. The maximum atomic E-state index is 13.8. The number of Topliss-reactive ketones (excluding diaryl/α,β-unsaturated/α-hetero) is 1. The molecule has 3 rings (SSSR count). The summed E-state index contributed by atoms with van der Waals surface area (Å²) in [4.78, 5) is 13.8. The molecule has 1 aromatic rings. The minimum atomic E-state index is -2.04. The molecule has 0 saturated heterocycles. The van der Waals surface area contributed by atoms with E-state index in [-0.39, 0.29) is 30.6 Å². The van der Waals surface area contributed by atoms with Crippen molar-refractivity contribution in [1.82, 2.24) is 0 Å².